The van der Waals surface area contributed by atoms with Crippen molar-refractivity contribution in [3.05, 3.63) is 56.7 Å². The molecule has 1 nitrogen and oxygen atoms in total. The molecule has 3 rings (SSSR count). The van der Waals surface area contributed by atoms with Crippen molar-refractivity contribution >= 4 is 22.9 Å². The smallest absolute Gasteiger partial charge is 0.0931 e. The van der Waals surface area contributed by atoms with Crippen LogP contribution in [0.5, 0.6) is 0 Å². The Hall–Kier alpha value is -0.830. The van der Waals surface area contributed by atoms with Crippen LogP contribution >= 0.6 is 22.9 Å². The molecule has 3 heteroatoms. The summed E-state index contributed by atoms with van der Waals surface area (Å²) in [6.45, 7) is 0. The Bertz CT molecular complexity index is 535. The lowest BCUT2D eigenvalue weighted by molar-refractivity contribution is 0.445. The van der Waals surface area contributed by atoms with Crippen LogP contribution in [-0.2, 0) is 6.42 Å². The molecule has 88 valence electrons. The highest BCUT2D eigenvalue weighted by Crippen LogP contribution is 2.45. The highest BCUT2D eigenvalue weighted by Gasteiger charge is 2.33. The molecular formula is C14H14ClNS. The first kappa shape index (κ1) is 11.3. The fourth-order valence-electron chi connectivity index (χ4n) is 2.63. The molecule has 0 aliphatic heterocycles. The van der Waals surface area contributed by atoms with Gasteiger partial charge >= 0.3 is 0 Å². The minimum atomic E-state index is 0.391. The van der Waals surface area contributed by atoms with Crippen LogP contribution in [0, 0.1) is 0 Å². The van der Waals surface area contributed by atoms with E-state index < -0.39 is 0 Å². The van der Waals surface area contributed by atoms with Gasteiger partial charge in [0.2, 0.25) is 0 Å². The summed E-state index contributed by atoms with van der Waals surface area (Å²) in [7, 11) is 2.03. The van der Waals surface area contributed by atoms with Crippen LogP contribution in [0.1, 0.15) is 28.0 Å². The molecule has 1 aromatic heterocycles. The normalized spacial score (nSPS) is 19.5. The van der Waals surface area contributed by atoms with Crippen LogP contribution in [0.25, 0.3) is 0 Å². The van der Waals surface area contributed by atoms with E-state index in [0.29, 0.717) is 12.0 Å². The Morgan fingerprint density at radius 2 is 2.12 bits per heavy atom. The van der Waals surface area contributed by atoms with Gasteiger partial charge in [-0.15, -0.1) is 11.3 Å². The number of halogens is 1. The highest BCUT2D eigenvalue weighted by molar-refractivity contribution is 7.16. The van der Waals surface area contributed by atoms with Crippen molar-refractivity contribution in [1.29, 1.82) is 0 Å². The summed E-state index contributed by atoms with van der Waals surface area (Å²) in [5, 5.41) is 3.43. The number of hydrogen-bond acceptors (Lipinski definition) is 2. The van der Waals surface area contributed by atoms with E-state index in [4.69, 9.17) is 11.6 Å². The molecule has 0 bridgehead atoms. The standard InChI is InChI=1S/C14H14ClNS/c1-16-14(12-6-7-13(15)17-12)11-8-9-4-2-3-5-10(9)11/h2-7,11,14,16H,8H2,1H3. The van der Waals surface area contributed by atoms with Crippen molar-refractivity contribution in [3.8, 4) is 0 Å². The van der Waals surface area contributed by atoms with Gasteiger partial charge in [-0.2, -0.15) is 0 Å². The molecule has 0 amide bonds. The Morgan fingerprint density at radius 1 is 1.29 bits per heavy atom. The highest BCUT2D eigenvalue weighted by atomic mass is 35.5. The molecule has 1 heterocycles. The Morgan fingerprint density at radius 3 is 2.76 bits per heavy atom. The summed E-state index contributed by atoms with van der Waals surface area (Å²) in [5.41, 5.74) is 2.97. The van der Waals surface area contributed by atoms with E-state index in [1.807, 2.05) is 13.1 Å². The molecule has 2 atom stereocenters. The Labute approximate surface area is 110 Å². The molecule has 1 aliphatic rings. The van der Waals surface area contributed by atoms with Gasteiger partial charge in [0, 0.05) is 16.8 Å². The van der Waals surface area contributed by atoms with Gasteiger partial charge in [0.05, 0.1) is 4.34 Å². The monoisotopic (exact) mass is 263 g/mol. The average Bonchev–Trinajstić information content (AvgIpc) is 2.72. The van der Waals surface area contributed by atoms with Gasteiger partial charge in [0.15, 0.2) is 0 Å². The maximum Gasteiger partial charge on any atom is 0.0931 e. The number of hydrogen-bond donors (Lipinski definition) is 1. The summed E-state index contributed by atoms with van der Waals surface area (Å²) in [6.07, 6.45) is 1.16. The second kappa shape index (κ2) is 4.45. The molecule has 0 saturated carbocycles. The van der Waals surface area contributed by atoms with E-state index in [-0.39, 0.29) is 0 Å². The predicted molar refractivity (Wildman–Crippen MR) is 74.0 cm³/mol. The van der Waals surface area contributed by atoms with Gasteiger partial charge in [-0.1, -0.05) is 35.9 Å². The first-order chi connectivity index (χ1) is 8.29. The van der Waals surface area contributed by atoms with Crippen molar-refractivity contribution in [2.24, 2.45) is 0 Å². The molecule has 1 N–H and O–H groups in total. The fraction of sp³-hybridized carbons (Fsp3) is 0.286. The van der Waals surface area contributed by atoms with Crippen molar-refractivity contribution in [2.75, 3.05) is 7.05 Å². The molecule has 0 radical (unpaired) electrons. The number of likely N-dealkylation sites (N-methyl/N-ethyl adjacent to an activating group) is 1. The minimum Gasteiger partial charge on any atom is -0.312 e. The Balaban J connectivity index is 1.90. The molecule has 17 heavy (non-hydrogen) atoms. The van der Waals surface area contributed by atoms with E-state index in [9.17, 15) is 0 Å². The lowest BCUT2D eigenvalue weighted by Gasteiger charge is -2.36. The third kappa shape index (κ3) is 1.90. The number of fused-ring (bicyclic) bond motifs is 1. The molecule has 0 saturated heterocycles. The van der Waals surface area contributed by atoms with Gasteiger partial charge < -0.3 is 5.32 Å². The summed E-state index contributed by atoms with van der Waals surface area (Å²) in [5.74, 6) is 0.589. The third-order valence-corrected chi connectivity index (χ3v) is 4.82. The van der Waals surface area contributed by atoms with E-state index in [1.165, 1.54) is 16.0 Å². The molecular weight excluding hydrogens is 250 g/mol. The van der Waals surface area contributed by atoms with E-state index in [1.54, 1.807) is 11.3 Å². The van der Waals surface area contributed by atoms with Crippen molar-refractivity contribution < 1.29 is 0 Å². The zero-order chi connectivity index (χ0) is 11.8. The maximum atomic E-state index is 6.02. The van der Waals surface area contributed by atoms with Crippen LogP contribution in [-0.4, -0.2) is 7.05 Å². The fourth-order valence-corrected chi connectivity index (χ4v) is 3.87. The molecule has 1 aliphatic carbocycles. The van der Waals surface area contributed by atoms with Gasteiger partial charge in [-0.25, -0.2) is 0 Å². The second-order valence-corrected chi connectivity index (χ2v) is 6.16. The zero-order valence-electron chi connectivity index (χ0n) is 9.61. The molecule has 0 fully saturated rings. The van der Waals surface area contributed by atoms with Gasteiger partial charge in [0.1, 0.15) is 0 Å². The lowest BCUT2D eigenvalue weighted by Crippen LogP contribution is -2.30. The lowest BCUT2D eigenvalue weighted by atomic mass is 9.73. The number of rotatable bonds is 3. The molecule has 2 aromatic rings. The number of thiophene rings is 1. The first-order valence-corrected chi connectivity index (χ1v) is 6.99. The topological polar surface area (TPSA) is 12.0 Å². The number of nitrogens with one attached hydrogen (secondary N) is 1. The molecule has 0 spiro atoms. The summed E-state index contributed by atoms with van der Waals surface area (Å²) >= 11 is 7.69. The van der Waals surface area contributed by atoms with E-state index in [0.717, 1.165) is 10.8 Å². The largest absolute Gasteiger partial charge is 0.312 e. The van der Waals surface area contributed by atoms with Gasteiger partial charge in [0.25, 0.3) is 0 Å². The first-order valence-electron chi connectivity index (χ1n) is 5.80. The van der Waals surface area contributed by atoms with Crippen molar-refractivity contribution in [3.63, 3.8) is 0 Å². The minimum absolute atomic E-state index is 0.391. The SMILES string of the molecule is CNC(c1ccc(Cl)s1)C1Cc2ccccc21. The van der Waals surface area contributed by atoms with Crippen LogP contribution in [0.2, 0.25) is 4.34 Å². The third-order valence-electron chi connectivity index (χ3n) is 3.51. The van der Waals surface area contributed by atoms with Crippen molar-refractivity contribution in [1.82, 2.24) is 5.32 Å². The molecule has 1 aromatic carbocycles. The number of benzene rings is 1. The zero-order valence-corrected chi connectivity index (χ0v) is 11.2. The van der Waals surface area contributed by atoms with Crippen LogP contribution in [0.3, 0.4) is 0 Å². The Kier molecular flexibility index (Phi) is 2.95. The summed E-state index contributed by atoms with van der Waals surface area (Å²) in [4.78, 5) is 1.33. The van der Waals surface area contributed by atoms with Gasteiger partial charge in [-0.05, 0) is 36.7 Å². The van der Waals surface area contributed by atoms with Crippen LogP contribution < -0.4 is 5.32 Å². The summed E-state index contributed by atoms with van der Waals surface area (Å²) < 4.78 is 0.868. The average molecular weight is 264 g/mol. The quantitative estimate of drug-likeness (QED) is 0.883. The predicted octanol–water partition coefficient (Wildman–Crippen LogP) is 4.00. The maximum absolute atomic E-state index is 6.02. The molecule has 2 unspecified atom stereocenters. The van der Waals surface area contributed by atoms with E-state index >= 15 is 0 Å². The van der Waals surface area contributed by atoms with Crippen LogP contribution in [0.4, 0.5) is 0 Å². The summed E-state index contributed by atoms with van der Waals surface area (Å²) in [6, 6.07) is 13.2. The van der Waals surface area contributed by atoms with Crippen molar-refractivity contribution in [2.45, 2.75) is 18.4 Å². The van der Waals surface area contributed by atoms with E-state index in [2.05, 4.69) is 35.6 Å². The second-order valence-electron chi connectivity index (χ2n) is 4.42. The van der Waals surface area contributed by atoms with Crippen LogP contribution in [0.15, 0.2) is 36.4 Å². The van der Waals surface area contributed by atoms with Gasteiger partial charge in [-0.3, -0.25) is 0 Å².